The number of carboxylic acid groups (broad SMARTS) is 1. The third-order valence-electron chi connectivity index (χ3n) is 2.32. The number of carboxylic acids is 1. The zero-order valence-corrected chi connectivity index (χ0v) is 8.16. The van der Waals surface area contributed by atoms with Gasteiger partial charge in [0.2, 0.25) is 5.91 Å². The quantitative estimate of drug-likeness (QED) is 0.671. The smallest absolute Gasteiger partial charge is 0.326 e. The summed E-state index contributed by atoms with van der Waals surface area (Å²) in [5.41, 5.74) is 0. The molecule has 5 nitrogen and oxygen atoms in total. The molecule has 1 amide bonds. The molecule has 0 radical (unpaired) electrons. The first-order valence-corrected chi connectivity index (χ1v) is 4.76. The Balaban J connectivity index is 2.41. The highest BCUT2D eigenvalue weighted by atomic mass is 16.5. The van der Waals surface area contributed by atoms with Crippen LogP contribution in [0.2, 0.25) is 0 Å². The van der Waals surface area contributed by atoms with Crippen molar-refractivity contribution in [2.24, 2.45) is 5.92 Å². The van der Waals surface area contributed by atoms with Gasteiger partial charge in [-0.3, -0.25) is 4.79 Å². The molecular weight excluding hydrogens is 186 g/mol. The lowest BCUT2D eigenvalue weighted by Crippen LogP contribution is -2.43. The highest BCUT2D eigenvalue weighted by molar-refractivity contribution is 5.85. The molecule has 1 rings (SSSR count). The molecule has 0 aromatic heterocycles. The summed E-state index contributed by atoms with van der Waals surface area (Å²) in [6, 6.07) is -0.775. The van der Waals surface area contributed by atoms with Gasteiger partial charge in [-0.1, -0.05) is 6.92 Å². The first kappa shape index (κ1) is 11.0. The zero-order valence-electron chi connectivity index (χ0n) is 8.16. The predicted molar refractivity (Wildman–Crippen MR) is 48.8 cm³/mol. The van der Waals surface area contributed by atoms with Gasteiger partial charge in [-0.2, -0.15) is 0 Å². The molecule has 2 N–H and O–H groups in total. The zero-order chi connectivity index (χ0) is 10.6. The molecule has 0 bridgehead atoms. The number of aliphatic carboxylic acids is 1. The molecule has 0 spiro atoms. The Kier molecular flexibility index (Phi) is 3.88. The number of carbonyl (C=O) groups is 2. The third kappa shape index (κ3) is 2.70. The first-order valence-electron chi connectivity index (χ1n) is 4.76. The molecule has 0 aliphatic carbocycles. The van der Waals surface area contributed by atoms with Gasteiger partial charge in [0.15, 0.2) is 0 Å². The van der Waals surface area contributed by atoms with E-state index in [2.05, 4.69) is 5.32 Å². The summed E-state index contributed by atoms with van der Waals surface area (Å²) in [5.74, 6) is -1.38. The van der Waals surface area contributed by atoms with Crippen molar-refractivity contribution in [1.82, 2.24) is 5.32 Å². The molecule has 5 heteroatoms. The van der Waals surface area contributed by atoms with E-state index < -0.39 is 12.0 Å². The number of ether oxygens (including phenoxy) is 1. The third-order valence-corrected chi connectivity index (χ3v) is 2.32. The fraction of sp³-hybridized carbons (Fsp3) is 0.778. The van der Waals surface area contributed by atoms with Crippen LogP contribution in [-0.4, -0.2) is 36.2 Å². The lowest BCUT2D eigenvalue weighted by molar-refractivity contribution is -0.142. The summed E-state index contributed by atoms with van der Waals surface area (Å²) in [5, 5.41) is 11.2. The second-order valence-corrected chi connectivity index (χ2v) is 3.37. The van der Waals surface area contributed by atoms with Crippen molar-refractivity contribution in [3.63, 3.8) is 0 Å². The topological polar surface area (TPSA) is 75.6 Å². The number of hydrogen-bond acceptors (Lipinski definition) is 3. The summed E-state index contributed by atoms with van der Waals surface area (Å²) < 4.78 is 5.05. The van der Waals surface area contributed by atoms with E-state index in [0.29, 0.717) is 26.1 Å². The van der Waals surface area contributed by atoms with Crippen molar-refractivity contribution in [3.8, 4) is 0 Å². The highest BCUT2D eigenvalue weighted by Gasteiger charge is 2.26. The minimum absolute atomic E-state index is 0.177. The van der Waals surface area contributed by atoms with E-state index in [9.17, 15) is 9.59 Å². The minimum atomic E-state index is -0.986. The molecule has 0 unspecified atom stereocenters. The van der Waals surface area contributed by atoms with Gasteiger partial charge in [-0.25, -0.2) is 4.79 Å². The molecule has 80 valence electrons. The Hall–Kier alpha value is -1.10. The molecule has 0 saturated carbocycles. The van der Waals surface area contributed by atoms with Gasteiger partial charge in [-0.05, 0) is 12.8 Å². The van der Waals surface area contributed by atoms with Gasteiger partial charge >= 0.3 is 5.97 Å². The lowest BCUT2D eigenvalue weighted by atomic mass is 10.1. The second kappa shape index (κ2) is 4.95. The van der Waals surface area contributed by atoms with Crippen LogP contribution in [0.4, 0.5) is 0 Å². The maximum atomic E-state index is 11.5. The van der Waals surface area contributed by atoms with E-state index in [1.165, 1.54) is 0 Å². The first-order chi connectivity index (χ1) is 6.65. The van der Waals surface area contributed by atoms with Gasteiger partial charge in [0.05, 0.1) is 12.5 Å². The van der Waals surface area contributed by atoms with Crippen molar-refractivity contribution >= 4 is 11.9 Å². The van der Waals surface area contributed by atoms with Crippen LogP contribution in [0.1, 0.15) is 19.8 Å². The van der Waals surface area contributed by atoms with E-state index in [-0.39, 0.29) is 11.8 Å². The van der Waals surface area contributed by atoms with E-state index in [0.717, 1.165) is 0 Å². The molecule has 2 atom stereocenters. The Labute approximate surface area is 82.4 Å². The van der Waals surface area contributed by atoms with Crippen LogP contribution in [0.15, 0.2) is 0 Å². The van der Waals surface area contributed by atoms with Crippen LogP contribution in [0, 0.1) is 5.92 Å². The maximum Gasteiger partial charge on any atom is 0.326 e. The molecule has 1 fully saturated rings. The average Bonchev–Trinajstić information content (AvgIpc) is 2.65. The summed E-state index contributed by atoms with van der Waals surface area (Å²) >= 11 is 0. The van der Waals surface area contributed by atoms with Gasteiger partial charge in [0, 0.05) is 6.61 Å². The number of amides is 1. The maximum absolute atomic E-state index is 11.5. The monoisotopic (exact) mass is 201 g/mol. The molecule has 1 heterocycles. The normalized spacial score (nSPS) is 23.1. The molecular formula is C9H15NO4. The van der Waals surface area contributed by atoms with E-state index >= 15 is 0 Å². The Morgan fingerprint density at radius 3 is 2.79 bits per heavy atom. The van der Waals surface area contributed by atoms with Crippen LogP contribution in [0.5, 0.6) is 0 Å². The SMILES string of the molecule is CC[C@@H](NC(=O)[C@@H]1CCOC1)C(=O)O. The predicted octanol–water partition coefficient (Wildman–Crippen LogP) is 0.00230. The fourth-order valence-electron chi connectivity index (χ4n) is 1.37. The standard InChI is InChI=1S/C9H15NO4/c1-2-7(9(12)13)10-8(11)6-3-4-14-5-6/h6-7H,2-5H2,1H3,(H,10,11)(H,12,13)/t6-,7-/m1/s1. The largest absolute Gasteiger partial charge is 0.480 e. The van der Waals surface area contributed by atoms with Crippen molar-refractivity contribution in [3.05, 3.63) is 0 Å². The summed E-state index contributed by atoms with van der Waals surface area (Å²) in [6.45, 7) is 2.72. The molecule has 1 aliphatic heterocycles. The Morgan fingerprint density at radius 2 is 2.36 bits per heavy atom. The molecule has 1 saturated heterocycles. The number of rotatable bonds is 4. The average molecular weight is 201 g/mol. The molecule has 14 heavy (non-hydrogen) atoms. The second-order valence-electron chi connectivity index (χ2n) is 3.37. The van der Waals surface area contributed by atoms with Crippen molar-refractivity contribution < 1.29 is 19.4 Å². The summed E-state index contributed by atoms with van der Waals surface area (Å²) in [4.78, 5) is 22.1. The van der Waals surface area contributed by atoms with Gasteiger partial charge in [-0.15, -0.1) is 0 Å². The highest BCUT2D eigenvalue weighted by Crippen LogP contribution is 2.12. The Bertz CT molecular complexity index is 223. The molecule has 0 aromatic carbocycles. The van der Waals surface area contributed by atoms with Crippen LogP contribution in [0.3, 0.4) is 0 Å². The fourth-order valence-corrected chi connectivity index (χ4v) is 1.37. The van der Waals surface area contributed by atoms with Crippen molar-refractivity contribution in [2.75, 3.05) is 13.2 Å². The van der Waals surface area contributed by atoms with Gasteiger partial charge < -0.3 is 15.2 Å². The molecule has 0 aromatic rings. The number of nitrogens with one attached hydrogen (secondary N) is 1. The van der Waals surface area contributed by atoms with Crippen LogP contribution >= 0.6 is 0 Å². The van der Waals surface area contributed by atoms with Gasteiger partial charge in [0.1, 0.15) is 6.04 Å². The van der Waals surface area contributed by atoms with E-state index in [1.807, 2.05) is 0 Å². The number of carbonyl (C=O) groups excluding carboxylic acids is 1. The van der Waals surface area contributed by atoms with E-state index in [1.54, 1.807) is 6.92 Å². The Morgan fingerprint density at radius 1 is 1.64 bits per heavy atom. The minimum Gasteiger partial charge on any atom is -0.480 e. The molecule has 1 aliphatic rings. The van der Waals surface area contributed by atoms with Crippen molar-refractivity contribution in [1.29, 1.82) is 0 Å². The van der Waals surface area contributed by atoms with Crippen LogP contribution in [0.25, 0.3) is 0 Å². The lowest BCUT2D eigenvalue weighted by Gasteiger charge is -2.14. The summed E-state index contributed by atoms with van der Waals surface area (Å²) in [6.07, 6.45) is 1.08. The number of hydrogen-bond donors (Lipinski definition) is 2. The van der Waals surface area contributed by atoms with Crippen molar-refractivity contribution in [2.45, 2.75) is 25.8 Å². The van der Waals surface area contributed by atoms with E-state index in [4.69, 9.17) is 9.84 Å². The van der Waals surface area contributed by atoms with Gasteiger partial charge in [0.25, 0.3) is 0 Å². The van der Waals surface area contributed by atoms with Crippen LogP contribution < -0.4 is 5.32 Å². The van der Waals surface area contributed by atoms with Crippen LogP contribution in [-0.2, 0) is 14.3 Å². The summed E-state index contributed by atoms with van der Waals surface area (Å²) in [7, 11) is 0.